The summed E-state index contributed by atoms with van der Waals surface area (Å²) in [6.07, 6.45) is 6.46. The summed E-state index contributed by atoms with van der Waals surface area (Å²) in [5.41, 5.74) is 1.41. The van der Waals surface area contributed by atoms with Gasteiger partial charge in [0.1, 0.15) is 0 Å². The average molecular weight is 363 g/mol. The van der Waals surface area contributed by atoms with Crippen molar-refractivity contribution in [3.63, 3.8) is 0 Å². The van der Waals surface area contributed by atoms with Crippen molar-refractivity contribution in [1.29, 1.82) is 0 Å². The van der Waals surface area contributed by atoms with Crippen molar-refractivity contribution in [3.05, 3.63) is 42.1 Å². The highest BCUT2D eigenvalue weighted by Crippen LogP contribution is 2.31. The van der Waals surface area contributed by atoms with E-state index in [-0.39, 0.29) is 12.1 Å². The molecule has 0 bridgehead atoms. The number of piperazine rings is 1. The Labute approximate surface area is 153 Å². The molecule has 0 radical (unpaired) electrons. The number of para-hydroxylation sites is 1. The summed E-state index contributed by atoms with van der Waals surface area (Å²) < 4.78 is 24.7. The molecule has 138 valence electrons. The topological polar surface area (TPSA) is 58.6 Å². The van der Waals surface area contributed by atoms with Crippen LogP contribution in [-0.4, -0.2) is 44.3 Å². The van der Waals surface area contributed by atoms with Crippen molar-refractivity contribution in [2.75, 3.05) is 18.0 Å². The van der Waals surface area contributed by atoms with Crippen LogP contribution in [0.25, 0.3) is 0 Å². The van der Waals surface area contributed by atoms with Crippen molar-refractivity contribution in [2.24, 2.45) is 0 Å². The van der Waals surface area contributed by atoms with Gasteiger partial charge in [0.2, 0.25) is 0 Å². The number of benzene rings is 1. The molecule has 1 aliphatic carbocycles. The largest absolute Gasteiger partial charge is 0.770 e. The van der Waals surface area contributed by atoms with E-state index in [1.54, 1.807) is 0 Å². The molecule has 6 heteroatoms. The first-order valence-electron chi connectivity index (χ1n) is 9.17. The van der Waals surface area contributed by atoms with Gasteiger partial charge in [-0.15, -0.1) is 0 Å². The number of hydrogen-bond acceptors (Lipinski definition) is 5. The van der Waals surface area contributed by atoms with Crippen LogP contribution < -0.4 is 10.2 Å². The third kappa shape index (κ3) is 4.50. The number of nitrogens with one attached hydrogen (secondary N) is 1. The minimum absolute atomic E-state index is 0.271. The molecule has 1 fully saturated rings. The molecule has 4 unspecified atom stereocenters. The maximum Gasteiger partial charge on any atom is 0.151 e. The third-order valence-corrected chi connectivity index (χ3v) is 5.76. The Morgan fingerprint density at radius 2 is 1.88 bits per heavy atom. The average Bonchev–Trinajstić information content (AvgIpc) is 2.59. The quantitative estimate of drug-likeness (QED) is 0.816. The maximum absolute atomic E-state index is 12.3. The number of rotatable bonds is 5. The molecular formula is C19H28N3O2S-. The highest BCUT2D eigenvalue weighted by molar-refractivity contribution is 7.79. The van der Waals surface area contributed by atoms with Gasteiger partial charge in [-0.25, -0.2) is 0 Å². The Hall–Kier alpha value is -1.21. The summed E-state index contributed by atoms with van der Waals surface area (Å²) in [5, 5.41) is 3.49. The maximum atomic E-state index is 12.3. The van der Waals surface area contributed by atoms with Crippen LogP contribution in [0.15, 0.2) is 42.1 Å². The molecule has 0 spiro atoms. The molecule has 0 aromatic heterocycles. The standard InChI is InChI=1S/C19H29N3O2S/c1-15-13-21(14-16(2)20-15)19(25(23)24)22(17-9-5-3-6-10-17)18-11-7-4-8-12-18/h3,5-6,9-11,15-16,19-20H,4,7-8,12-14H2,1-2H3,(H,23,24)/p-1. The van der Waals surface area contributed by atoms with E-state index >= 15 is 0 Å². The summed E-state index contributed by atoms with van der Waals surface area (Å²) in [4.78, 5) is 4.13. The SMILES string of the molecule is CC1CN(C(N(C2=CCCCC2)c2ccccc2)S(=O)[O-])CC(C)N1. The minimum Gasteiger partial charge on any atom is -0.770 e. The summed E-state index contributed by atoms with van der Waals surface area (Å²) in [5.74, 6) is 0. The Morgan fingerprint density at radius 3 is 2.44 bits per heavy atom. The highest BCUT2D eigenvalue weighted by atomic mass is 32.2. The Kier molecular flexibility index (Phi) is 6.28. The third-order valence-electron chi connectivity index (χ3n) is 4.90. The minimum atomic E-state index is -2.23. The number of allylic oxidation sites excluding steroid dienone is 2. The lowest BCUT2D eigenvalue weighted by molar-refractivity contribution is 0.155. The molecule has 1 saturated heterocycles. The van der Waals surface area contributed by atoms with Crippen molar-refractivity contribution < 1.29 is 8.76 Å². The lowest BCUT2D eigenvalue weighted by Gasteiger charge is -2.47. The fourth-order valence-corrected chi connectivity index (χ4v) is 4.83. The number of anilines is 1. The summed E-state index contributed by atoms with van der Waals surface area (Å²) in [6.45, 7) is 5.67. The molecule has 0 saturated carbocycles. The predicted octanol–water partition coefficient (Wildman–Crippen LogP) is 2.80. The van der Waals surface area contributed by atoms with E-state index in [1.807, 2.05) is 35.2 Å². The van der Waals surface area contributed by atoms with E-state index < -0.39 is 16.6 Å². The molecule has 1 heterocycles. The molecule has 1 aliphatic heterocycles. The fraction of sp³-hybridized carbons (Fsp3) is 0.579. The van der Waals surface area contributed by atoms with E-state index in [0.717, 1.165) is 43.7 Å². The normalized spacial score (nSPS) is 27.4. The van der Waals surface area contributed by atoms with Crippen molar-refractivity contribution >= 4 is 16.8 Å². The number of nitrogens with zero attached hydrogens (tertiary/aromatic N) is 2. The molecule has 1 aromatic carbocycles. The number of hydrogen-bond donors (Lipinski definition) is 1. The van der Waals surface area contributed by atoms with Crippen LogP contribution in [0.2, 0.25) is 0 Å². The van der Waals surface area contributed by atoms with E-state index in [2.05, 4.69) is 30.1 Å². The van der Waals surface area contributed by atoms with Crippen LogP contribution in [0.1, 0.15) is 39.5 Å². The van der Waals surface area contributed by atoms with E-state index in [1.165, 1.54) is 6.42 Å². The first kappa shape index (κ1) is 18.6. The van der Waals surface area contributed by atoms with Gasteiger partial charge in [-0.05, 0) is 62.7 Å². The van der Waals surface area contributed by atoms with Crippen molar-refractivity contribution in [1.82, 2.24) is 10.2 Å². The molecule has 2 aliphatic rings. The fourth-order valence-electron chi connectivity index (χ4n) is 3.98. The second-order valence-corrected chi connectivity index (χ2v) is 8.10. The van der Waals surface area contributed by atoms with Crippen LogP contribution in [0.4, 0.5) is 5.69 Å². The highest BCUT2D eigenvalue weighted by Gasteiger charge is 2.33. The smallest absolute Gasteiger partial charge is 0.151 e. The summed E-state index contributed by atoms with van der Waals surface area (Å²) in [7, 11) is 0. The molecule has 1 N–H and O–H groups in total. The zero-order chi connectivity index (χ0) is 17.8. The van der Waals surface area contributed by atoms with Gasteiger partial charge in [-0.1, -0.05) is 24.3 Å². The van der Waals surface area contributed by atoms with Gasteiger partial charge in [-0.2, -0.15) is 0 Å². The van der Waals surface area contributed by atoms with E-state index in [4.69, 9.17) is 0 Å². The Morgan fingerprint density at radius 1 is 1.20 bits per heavy atom. The first-order valence-corrected chi connectivity index (χ1v) is 10.3. The zero-order valence-corrected chi connectivity index (χ0v) is 15.9. The molecule has 4 atom stereocenters. The van der Waals surface area contributed by atoms with Crippen molar-refractivity contribution in [3.8, 4) is 0 Å². The lowest BCUT2D eigenvalue weighted by atomic mass is 10.0. The Bertz CT molecular complexity index is 612. The van der Waals surface area contributed by atoms with Crippen molar-refractivity contribution in [2.45, 2.75) is 57.1 Å². The van der Waals surface area contributed by atoms with Gasteiger partial charge >= 0.3 is 0 Å². The monoisotopic (exact) mass is 362 g/mol. The molecule has 25 heavy (non-hydrogen) atoms. The van der Waals surface area contributed by atoms with Gasteiger partial charge in [0.15, 0.2) is 5.50 Å². The van der Waals surface area contributed by atoms with Gasteiger partial charge in [-0.3, -0.25) is 9.11 Å². The second kappa shape index (κ2) is 8.45. The van der Waals surface area contributed by atoms with E-state index in [0.29, 0.717) is 0 Å². The van der Waals surface area contributed by atoms with E-state index in [9.17, 15) is 8.76 Å². The van der Waals surface area contributed by atoms with Crippen LogP contribution in [0.3, 0.4) is 0 Å². The molecule has 1 aromatic rings. The zero-order valence-electron chi connectivity index (χ0n) is 15.1. The molecule has 0 amide bonds. The predicted molar refractivity (Wildman–Crippen MR) is 102 cm³/mol. The van der Waals surface area contributed by atoms with Crippen LogP contribution in [0, 0.1) is 0 Å². The van der Waals surface area contributed by atoms with Gasteiger partial charge in [0.25, 0.3) is 0 Å². The van der Waals surface area contributed by atoms with Gasteiger partial charge in [0.05, 0.1) is 0 Å². The first-order chi connectivity index (χ1) is 12.1. The molecular weight excluding hydrogens is 334 g/mol. The second-order valence-electron chi connectivity index (χ2n) is 7.16. The van der Waals surface area contributed by atoms with Crippen LogP contribution in [0.5, 0.6) is 0 Å². The summed E-state index contributed by atoms with van der Waals surface area (Å²) in [6, 6.07) is 10.5. The molecule has 3 rings (SSSR count). The lowest BCUT2D eigenvalue weighted by Crippen LogP contribution is -2.61. The van der Waals surface area contributed by atoms with Gasteiger partial charge < -0.3 is 14.8 Å². The Balaban J connectivity index is 1.98. The molecule has 5 nitrogen and oxygen atoms in total. The van der Waals surface area contributed by atoms with Crippen LogP contribution in [-0.2, 0) is 11.1 Å². The van der Waals surface area contributed by atoms with Crippen LogP contribution >= 0.6 is 0 Å². The van der Waals surface area contributed by atoms with Gasteiger partial charge in [0, 0.05) is 36.6 Å². The summed E-state index contributed by atoms with van der Waals surface area (Å²) >= 11 is -2.23.